The Hall–Kier alpha value is -1.87. The highest BCUT2D eigenvalue weighted by Crippen LogP contribution is 2.33. The van der Waals surface area contributed by atoms with E-state index in [0.29, 0.717) is 11.0 Å². The second-order valence-corrected chi connectivity index (χ2v) is 5.17. The molecule has 0 saturated heterocycles. The van der Waals surface area contributed by atoms with E-state index >= 15 is 0 Å². The maximum absolute atomic E-state index is 6.12. The Labute approximate surface area is 122 Å². The van der Waals surface area contributed by atoms with Gasteiger partial charge in [0.15, 0.2) is 5.82 Å². The van der Waals surface area contributed by atoms with Gasteiger partial charge >= 0.3 is 0 Å². The van der Waals surface area contributed by atoms with Gasteiger partial charge in [-0.05, 0) is 25.5 Å². The molecule has 1 aromatic carbocycles. The normalized spacial score (nSPS) is 11.2. The summed E-state index contributed by atoms with van der Waals surface area (Å²) in [6, 6.07) is 9.73. The van der Waals surface area contributed by atoms with Crippen LogP contribution in [0.15, 0.2) is 34.7 Å². The zero-order chi connectivity index (χ0) is 14.1. The fourth-order valence-electron chi connectivity index (χ4n) is 2.41. The van der Waals surface area contributed by atoms with Gasteiger partial charge in [-0.1, -0.05) is 43.1 Å². The third-order valence-electron chi connectivity index (χ3n) is 3.25. The van der Waals surface area contributed by atoms with Crippen molar-refractivity contribution in [3.8, 4) is 11.4 Å². The van der Waals surface area contributed by atoms with Gasteiger partial charge in [-0.2, -0.15) is 0 Å². The first-order valence-electron chi connectivity index (χ1n) is 6.71. The van der Waals surface area contributed by atoms with Crippen molar-refractivity contribution in [2.24, 2.45) is 0 Å². The van der Waals surface area contributed by atoms with E-state index in [1.807, 2.05) is 37.3 Å². The van der Waals surface area contributed by atoms with Crippen LogP contribution in [0.25, 0.3) is 22.4 Å². The molecule has 0 aliphatic rings. The van der Waals surface area contributed by atoms with Crippen LogP contribution >= 0.6 is 11.6 Å². The Morgan fingerprint density at radius 2 is 2.00 bits per heavy atom. The molecule has 0 atom stereocenters. The summed E-state index contributed by atoms with van der Waals surface area (Å²) in [5.74, 6) is 1.46. The van der Waals surface area contributed by atoms with Gasteiger partial charge in [0.25, 0.3) is 0 Å². The second-order valence-electron chi connectivity index (χ2n) is 4.79. The lowest BCUT2D eigenvalue weighted by Gasteiger charge is -2.04. The van der Waals surface area contributed by atoms with Crippen LogP contribution in [-0.4, -0.2) is 9.97 Å². The first kappa shape index (κ1) is 13.1. The number of para-hydroxylation sites is 1. The van der Waals surface area contributed by atoms with Gasteiger partial charge in [-0.3, -0.25) is 0 Å². The summed E-state index contributed by atoms with van der Waals surface area (Å²) in [7, 11) is 0. The molecule has 0 radical (unpaired) electrons. The van der Waals surface area contributed by atoms with E-state index in [9.17, 15) is 0 Å². The van der Waals surface area contributed by atoms with Crippen molar-refractivity contribution in [3.05, 3.63) is 46.9 Å². The lowest BCUT2D eigenvalue weighted by atomic mass is 10.1. The first-order chi connectivity index (χ1) is 9.69. The van der Waals surface area contributed by atoms with Crippen molar-refractivity contribution >= 4 is 22.6 Å². The quantitative estimate of drug-likeness (QED) is 0.649. The standard InChI is InChI=1S/C16H15ClN2O/c1-3-6-11-9-14(17)19-16(18-11)15-10(2)20-13-8-5-4-7-12(13)15/h4-5,7-9H,3,6H2,1-2H3. The van der Waals surface area contributed by atoms with Crippen LogP contribution in [-0.2, 0) is 6.42 Å². The van der Waals surface area contributed by atoms with E-state index in [0.717, 1.165) is 40.8 Å². The van der Waals surface area contributed by atoms with Crippen LogP contribution in [0.4, 0.5) is 0 Å². The maximum atomic E-state index is 6.12. The van der Waals surface area contributed by atoms with Crippen LogP contribution in [0.5, 0.6) is 0 Å². The van der Waals surface area contributed by atoms with Crippen molar-refractivity contribution < 1.29 is 4.42 Å². The number of hydrogen-bond donors (Lipinski definition) is 0. The summed E-state index contributed by atoms with van der Waals surface area (Å²) < 4.78 is 5.77. The van der Waals surface area contributed by atoms with Gasteiger partial charge in [0, 0.05) is 11.1 Å². The van der Waals surface area contributed by atoms with Gasteiger partial charge in [0.2, 0.25) is 0 Å². The molecule has 0 unspecified atom stereocenters. The van der Waals surface area contributed by atoms with E-state index < -0.39 is 0 Å². The lowest BCUT2D eigenvalue weighted by molar-refractivity contribution is 0.579. The second kappa shape index (κ2) is 5.25. The Morgan fingerprint density at radius 1 is 1.20 bits per heavy atom. The molecule has 0 aliphatic heterocycles. The summed E-state index contributed by atoms with van der Waals surface area (Å²) in [5.41, 5.74) is 2.74. The minimum Gasteiger partial charge on any atom is -0.461 e. The molecule has 0 bridgehead atoms. The molecule has 0 amide bonds. The molecule has 2 heterocycles. The summed E-state index contributed by atoms with van der Waals surface area (Å²) >= 11 is 6.12. The predicted octanol–water partition coefficient (Wildman–Crippen LogP) is 4.80. The summed E-state index contributed by atoms with van der Waals surface area (Å²) in [5, 5.41) is 1.50. The van der Waals surface area contributed by atoms with Gasteiger partial charge < -0.3 is 4.42 Å². The molecule has 3 rings (SSSR count). The van der Waals surface area contributed by atoms with E-state index in [2.05, 4.69) is 16.9 Å². The molecule has 0 aliphatic carbocycles. The van der Waals surface area contributed by atoms with E-state index in [1.165, 1.54) is 0 Å². The topological polar surface area (TPSA) is 38.9 Å². The van der Waals surface area contributed by atoms with Crippen molar-refractivity contribution in [2.75, 3.05) is 0 Å². The van der Waals surface area contributed by atoms with Crippen molar-refractivity contribution in [2.45, 2.75) is 26.7 Å². The molecule has 0 spiro atoms. The minimum absolute atomic E-state index is 0.475. The third kappa shape index (κ3) is 2.29. The first-order valence-corrected chi connectivity index (χ1v) is 7.08. The predicted molar refractivity (Wildman–Crippen MR) is 81.0 cm³/mol. The summed E-state index contributed by atoms with van der Waals surface area (Å²) in [6.45, 7) is 4.05. The number of hydrogen-bond acceptors (Lipinski definition) is 3. The molecule has 20 heavy (non-hydrogen) atoms. The number of furan rings is 1. The van der Waals surface area contributed by atoms with Crippen molar-refractivity contribution in [1.82, 2.24) is 9.97 Å². The highest BCUT2D eigenvalue weighted by Gasteiger charge is 2.16. The van der Waals surface area contributed by atoms with Crippen LogP contribution in [0.1, 0.15) is 24.8 Å². The SMILES string of the molecule is CCCc1cc(Cl)nc(-c2c(C)oc3ccccc23)n1. The Bertz CT molecular complexity index is 764. The van der Waals surface area contributed by atoms with Crippen LogP contribution in [0.3, 0.4) is 0 Å². The number of halogens is 1. The van der Waals surface area contributed by atoms with Gasteiger partial charge in [-0.25, -0.2) is 9.97 Å². The number of aromatic nitrogens is 2. The maximum Gasteiger partial charge on any atom is 0.165 e. The highest BCUT2D eigenvalue weighted by molar-refractivity contribution is 6.29. The Kier molecular flexibility index (Phi) is 3.45. The van der Waals surface area contributed by atoms with Gasteiger partial charge in [0.1, 0.15) is 16.5 Å². The molecule has 2 aromatic heterocycles. The van der Waals surface area contributed by atoms with Gasteiger partial charge in [0.05, 0.1) is 5.56 Å². The fraction of sp³-hybridized carbons (Fsp3) is 0.250. The van der Waals surface area contributed by atoms with Crippen LogP contribution in [0, 0.1) is 6.92 Å². The third-order valence-corrected chi connectivity index (χ3v) is 3.44. The average Bonchev–Trinajstić information content (AvgIpc) is 2.74. The summed E-state index contributed by atoms with van der Waals surface area (Å²) in [4.78, 5) is 8.99. The van der Waals surface area contributed by atoms with E-state index in [-0.39, 0.29) is 0 Å². The highest BCUT2D eigenvalue weighted by atomic mass is 35.5. The molecule has 3 aromatic rings. The molecule has 0 saturated carbocycles. The molecule has 4 heteroatoms. The molecule has 102 valence electrons. The van der Waals surface area contributed by atoms with E-state index in [1.54, 1.807) is 0 Å². The van der Waals surface area contributed by atoms with E-state index in [4.69, 9.17) is 16.0 Å². The van der Waals surface area contributed by atoms with Crippen molar-refractivity contribution in [3.63, 3.8) is 0 Å². The number of nitrogens with zero attached hydrogens (tertiary/aromatic N) is 2. The Morgan fingerprint density at radius 3 is 2.80 bits per heavy atom. The number of aryl methyl sites for hydroxylation is 2. The molecular formula is C16H15ClN2O. The number of rotatable bonds is 3. The smallest absolute Gasteiger partial charge is 0.165 e. The fourth-order valence-corrected chi connectivity index (χ4v) is 2.61. The minimum atomic E-state index is 0.475. The molecule has 3 nitrogen and oxygen atoms in total. The zero-order valence-corrected chi connectivity index (χ0v) is 12.2. The molecular weight excluding hydrogens is 272 g/mol. The lowest BCUT2D eigenvalue weighted by Crippen LogP contribution is -1.96. The molecule has 0 fully saturated rings. The Balaban J connectivity index is 2.22. The summed E-state index contributed by atoms with van der Waals surface area (Å²) in [6.07, 6.45) is 1.92. The largest absolute Gasteiger partial charge is 0.461 e. The monoisotopic (exact) mass is 286 g/mol. The molecule has 0 N–H and O–H groups in total. The van der Waals surface area contributed by atoms with Crippen LogP contribution in [0.2, 0.25) is 5.15 Å². The number of fused-ring (bicyclic) bond motifs is 1. The zero-order valence-electron chi connectivity index (χ0n) is 11.5. The van der Waals surface area contributed by atoms with Crippen molar-refractivity contribution in [1.29, 1.82) is 0 Å². The van der Waals surface area contributed by atoms with Crippen LogP contribution < -0.4 is 0 Å². The average molecular weight is 287 g/mol. The number of benzene rings is 1. The van der Waals surface area contributed by atoms with Gasteiger partial charge in [-0.15, -0.1) is 0 Å².